The zero-order valence-corrected chi connectivity index (χ0v) is 18.3. The Morgan fingerprint density at radius 1 is 1.39 bits per heavy atom. The van der Waals surface area contributed by atoms with Gasteiger partial charge in [0.2, 0.25) is 5.27 Å². The van der Waals surface area contributed by atoms with E-state index in [2.05, 4.69) is 40.6 Å². The molecule has 3 aromatic rings. The molecule has 31 heavy (non-hydrogen) atoms. The van der Waals surface area contributed by atoms with Crippen molar-refractivity contribution in [3.8, 4) is 6.07 Å². The van der Waals surface area contributed by atoms with Crippen molar-refractivity contribution in [2.75, 3.05) is 5.75 Å². The maximum atomic E-state index is 12.3. The summed E-state index contributed by atoms with van der Waals surface area (Å²) in [5.74, 6) is 0.335. The minimum atomic E-state index is -0.357. The lowest BCUT2D eigenvalue weighted by Crippen LogP contribution is -2.36. The van der Waals surface area contributed by atoms with Gasteiger partial charge >= 0.3 is 5.88 Å². The average Bonchev–Trinajstić information content (AvgIpc) is 3.26. The lowest BCUT2D eigenvalue weighted by atomic mass is 9.82. The van der Waals surface area contributed by atoms with Gasteiger partial charge in [-0.2, -0.15) is 5.26 Å². The van der Waals surface area contributed by atoms with E-state index in [9.17, 15) is 10.4 Å². The third-order valence-corrected chi connectivity index (χ3v) is 6.29. The molecule has 0 N–H and O–H groups in total. The number of hydrogen-bond acceptors (Lipinski definition) is 7. The van der Waals surface area contributed by atoms with E-state index in [1.54, 1.807) is 10.9 Å². The highest BCUT2D eigenvalue weighted by Crippen LogP contribution is 2.34. The van der Waals surface area contributed by atoms with E-state index in [1.165, 1.54) is 17.3 Å². The molecular weight excluding hydrogens is 410 g/mol. The number of nitrogens with zero attached hydrogens (tertiary/aromatic N) is 5. The highest BCUT2D eigenvalue weighted by Gasteiger charge is 2.23. The van der Waals surface area contributed by atoms with Crippen LogP contribution in [0.25, 0.3) is 0 Å². The van der Waals surface area contributed by atoms with Gasteiger partial charge in [0, 0.05) is 11.4 Å². The summed E-state index contributed by atoms with van der Waals surface area (Å²) in [6, 6.07) is 14.8. The van der Waals surface area contributed by atoms with Crippen LogP contribution >= 0.6 is 11.8 Å². The van der Waals surface area contributed by atoms with Gasteiger partial charge in [0.1, 0.15) is 11.1 Å². The predicted molar refractivity (Wildman–Crippen MR) is 115 cm³/mol. The van der Waals surface area contributed by atoms with Crippen LogP contribution in [0.2, 0.25) is 0 Å². The van der Waals surface area contributed by atoms with Gasteiger partial charge < -0.3 is 5.11 Å². The SMILES string of the molecule is CC(C)[n+]1cc(/N=C(\[O-])CSc2nc3c(cc2C#N)CC(c2ccccc2)CC3)on1. The van der Waals surface area contributed by atoms with Gasteiger partial charge in [0.05, 0.1) is 5.56 Å². The first-order chi connectivity index (χ1) is 15.0. The first kappa shape index (κ1) is 21.1. The molecule has 1 unspecified atom stereocenters. The van der Waals surface area contributed by atoms with Crippen molar-refractivity contribution in [2.45, 2.75) is 50.1 Å². The fourth-order valence-electron chi connectivity index (χ4n) is 3.67. The van der Waals surface area contributed by atoms with Crippen LogP contribution in [0, 0.1) is 11.3 Å². The summed E-state index contributed by atoms with van der Waals surface area (Å²) >= 11 is 1.24. The second-order valence-corrected chi connectivity index (χ2v) is 8.78. The Hall–Kier alpha value is -3.18. The van der Waals surface area contributed by atoms with Crippen LogP contribution in [0.4, 0.5) is 5.88 Å². The normalized spacial score (nSPS) is 16.2. The molecule has 1 aromatic carbocycles. The van der Waals surface area contributed by atoms with Crippen LogP contribution < -0.4 is 9.79 Å². The Bertz CT molecular complexity index is 1130. The van der Waals surface area contributed by atoms with Gasteiger partial charge in [-0.3, -0.25) is 4.52 Å². The van der Waals surface area contributed by atoms with Crippen LogP contribution in [-0.4, -0.2) is 21.9 Å². The van der Waals surface area contributed by atoms with Crippen molar-refractivity contribution >= 4 is 23.5 Å². The van der Waals surface area contributed by atoms with Crippen LogP contribution in [0.15, 0.2) is 57.1 Å². The van der Waals surface area contributed by atoms with E-state index in [0.717, 1.165) is 30.5 Å². The predicted octanol–water partition coefficient (Wildman–Crippen LogP) is 3.26. The minimum Gasteiger partial charge on any atom is -0.861 e. The monoisotopic (exact) mass is 433 g/mol. The molecule has 0 aliphatic heterocycles. The molecule has 0 spiro atoms. The van der Waals surface area contributed by atoms with Crippen molar-refractivity contribution in [2.24, 2.45) is 4.99 Å². The molecule has 0 fully saturated rings. The Kier molecular flexibility index (Phi) is 6.33. The van der Waals surface area contributed by atoms with Crippen LogP contribution in [0.5, 0.6) is 0 Å². The van der Waals surface area contributed by atoms with Gasteiger partial charge in [0.25, 0.3) is 6.20 Å². The van der Waals surface area contributed by atoms with Crippen LogP contribution in [-0.2, 0) is 12.8 Å². The van der Waals surface area contributed by atoms with Crippen molar-refractivity contribution in [1.29, 1.82) is 5.26 Å². The summed E-state index contributed by atoms with van der Waals surface area (Å²) in [7, 11) is 0. The molecule has 0 bridgehead atoms. The van der Waals surface area contributed by atoms with E-state index in [4.69, 9.17) is 9.51 Å². The molecule has 0 saturated carbocycles. The molecule has 1 aliphatic carbocycles. The fraction of sp³-hybridized carbons (Fsp3) is 0.348. The lowest BCUT2D eigenvalue weighted by molar-refractivity contribution is -0.779. The first-order valence-electron chi connectivity index (χ1n) is 10.3. The molecular formula is C23H23N5O2S. The van der Waals surface area contributed by atoms with E-state index >= 15 is 0 Å². The number of rotatable bonds is 6. The molecule has 4 rings (SSSR count). The highest BCUT2D eigenvalue weighted by atomic mass is 32.2. The van der Waals surface area contributed by atoms with Crippen LogP contribution in [0.3, 0.4) is 0 Å². The quantitative estimate of drug-likeness (QED) is 0.256. The zero-order valence-electron chi connectivity index (χ0n) is 17.5. The van der Waals surface area contributed by atoms with E-state index in [-0.39, 0.29) is 23.6 Å². The highest BCUT2D eigenvalue weighted by molar-refractivity contribution is 7.99. The molecule has 0 saturated heterocycles. The maximum absolute atomic E-state index is 12.3. The number of nitriles is 1. The van der Waals surface area contributed by atoms with Crippen molar-refractivity contribution in [3.05, 3.63) is 65.0 Å². The smallest absolute Gasteiger partial charge is 0.320 e. The second kappa shape index (κ2) is 9.31. The number of benzene rings is 1. The molecule has 7 nitrogen and oxygen atoms in total. The number of hydrogen-bond donors (Lipinski definition) is 0. The van der Waals surface area contributed by atoms with Crippen LogP contribution in [0.1, 0.15) is 54.6 Å². The molecule has 0 radical (unpaired) electrons. The van der Waals surface area contributed by atoms with Crippen molar-refractivity contribution in [3.63, 3.8) is 0 Å². The molecule has 0 amide bonds. The van der Waals surface area contributed by atoms with Crippen molar-refractivity contribution in [1.82, 2.24) is 10.3 Å². The van der Waals surface area contributed by atoms with Gasteiger partial charge in [-0.05, 0) is 66.8 Å². The van der Waals surface area contributed by atoms with E-state index < -0.39 is 0 Å². The number of aryl methyl sites for hydroxylation is 1. The summed E-state index contributed by atoms with van der Waals surface area (Å²) in [6.45, 7) is 3.91. The van der Waals surface area contributed by atoms with Gasteiger partial charge in [-0.25, -0.2) is 9.98 Å². The summed E-state index contributed by atoms with van der Waals surface area (Å²) in [5, 5.41) is 26.3. The Labute approximate surface area is 185 Å². The third-order valence-electron chi connectivity index (χ3n) is 5.31. The van der Waals surface area contributed by atoms with E-state index in [1.807, 2.05) is 26.0 Å². The fourth-order valence-corrected chi connectivity index (χ4v) is 4.43. The van der Waals surface area contributed by atoms with Gasteiger partial charge in [-0.1, -0.05) is 42.1 Å². The second-order valence-electron chi connectivity index (χ2n) is 7.82. The largest absolute Gasteiger partial charge is 0.861 e. The topological polar surface area (TPSA) is 102 Å². The minimum absolute atomic E-state index is 0.0789. The number of thioether (sulfide) groups is 1. The number of aromatic nitrogens is 3. The summed E-state index contributed by atoms with van der Waals surface area (Å²) in [6.07, 6.45) is 4.35. The summed E-state index contributed by atoms with van der Waals surface area (Å²) in [5.41, 5.74) is 3.97. The Balaban J connectivity index is 1.47. The average molecular weight is 434 g/mol. The molecule has 8 heteroatoms. The Morgan fingerprint density at radius 3 is 2.90 bits per heavy atom. The molecule has 1 atom stereocenters. The molecule has 1 aliphatic rings. The standard InChI is InChI=1S/C23H23N5O2S/c1-15(2)28-13-22(30-27-28)26-21(29)14-31-23-19(12-24)11-18-10-17(8-9-20(18)25-23)16-6-4-3-5-7-16/h3-7,11,13,15,17H,8-10,14H2,1-2H3. The van der Waals surface area contributed by atoms with Crippen molar-refractivity contribution < 1.29 is 14.3 Å². The first-order valence-corrected chi connectivity index (χ1v) is 11.3. The maximum Gasteiger partial charge on any atom is 0.320 e. The number of aliphatic imine (C=N–C) groups is 1. The Morgan fingerprint density at radius 2 is 2.19 bits per heavy atom. The molecule has 2 heterocycles. The lowest BCUT2D eigenvalue weighted by Gasteiger charge is -2.25. The summed E-state index contributed by atoms with van der Waals surface area (Å²) in [4.78, 5) is 8.67. The van der Waals surface area contributed by atoms with Gasteiger partial charge in [0.15, 0.2) is 6.04 Å². The number of fused-ring (bicyclic) bond motifs is 1. The molecule has 158 valence electrons. The number of pyridine rings is 1. The third kappa shape index (κ3) is 4.94. The van der Waals surface area contributed by atoms with Gasteiger partial charge in [-0.15, -0.1) is 0 Å². The van der Waals surface area contributed by atoms with E-state index in [0.29, 0.717) is 16.5 Å². The summed E-state index contributed by atoms with van der Waals surface area (Å²) < 4.78 is 6.66. The zero-order chi connectivity index (χ0) is 21.8. The molecule has 2 aromatic heterocycles.